The van der Waals surface area contributed by atoms with Crippen molar-refractivity contribution < 1.29 is 14.4 Å². The molecular weight excluding hydrogens is 340 g/mol. The standard InChI is InChI=1S/C19H19ClN2O3/c1-14(22(13-23)12-15-6-3-2-4-7-15)18(24)19(25)21-11-16-8-5-9-17(20)10-16/h2-10,13-14H,11-12H2,1H3,(H,21,25). The lowest BCUT2D eigenvalue weighted by Crippen LogP contribution is -2.45. The van der Waals surface area contributed by atoms with Gasteiger partial charge >= 0.3 is 0 Å². The van der Waals surface area contributed by atoms with Crippen LogP contribution in [0.2, 0.25) is 5.02 Å². The molecule has 0 aromatic heterocycles. The highest BCUT2D eigenvalue weighted by Gasteiger charge is 2.26. The van der Waals surface area contributed by atoms with Crippen LogP contribution in [-0.4, -0.2) is 29.0 Å². The number of Topliss-reactive ketones (excluding diaryl/α,β-unsaturated/α-hetero) is 1. The number of carbonyl (C=O) groups excluding carboxylic acids is 3. The lowest BCUT2D eigenvalue weighted by molar-refractivity contribution is -0.142. The Morgan fingerprint density at radius 3 is 2.44 bits per heavy atom. The number of nitrogens with one attached hydrogen (secondary N) is 1. The number of carbonyl (C=O) groups is 3. The summed E-state index contributed by atoms with van der Waals surface area (Å²) in [5, 5.41) is 3.12. The van der Waals surface area contributed by atoms with E-state index < -0.39 is 17.7 Å². The zero-order valence-electron chi connectivity index (χ0n) is 13.8. The van der Waals surface area contributed by atoms with Gasteiger partial charge in [-0.15, -0.1) is 0 Å². The van der Waals surface area contributed by atoms with E-state index in [0.29, 0.717) is 11.4 Å². The van der Waals surface area contributed by atoms with Crippen LogP contribution in [0.1, 0.15) is 18.1 Å². The largest absolute Gasteiger partial charge is 0.345 e. The number of halogens is 1. The molecule has 0 heterocycles. The first-order valence-corrected chi connectivity index (χ1v) is 8.20. The third-order valence-electron chi connectivity index (χ3n) is 3.79. The molecule has 0 bridgehead atoms. The fourth-order valence-electron chi connectivity index (χ4n) is 2.32. The third kappa shape index (κ3) is 5.43. The zero-order valence-corrected chi connectivity index (χ0v) is 14.6. The summed E-state index contributed by atoms with van der Waals surface area (Å²) in [6.07, 6.45) is 0.583. The van der Waals surface area contributed by atoms with E-state index in [-0.39, 0.29) is 13.1 Å². The maximum Gasteiger partial charge on any atom is 0.289 e. The summed E-state index contributed by atoms with van der Waals surface area (Å²) in [6.45, 7) is 2.00. The maximum atomic E-state index is 12.3. The van der Waals surface area contributed by atoms with Crippen LogP contribution in [0.25, 0.3) is 0 Å². The van der Waals surface area contributed by atoms with Crippen LogP contribution in [0.15, 0.2) is 54.6 Å². The van der Waals surface area contributed by atoms with Gasteiger partial charge in [0.2, 0.25) is 12.2 Å². The molecule has 2 aromatic rings. The molecule has 25 heavy (non-hydrogen) atoms. The van der Waals surface area contributed by atoms with E-state index in [1.165, 1.54) is 4.90 Å². The zero-order chi connectivity index (χ0) is 18.2. The van der Waals surface area contributed by atoms with E-state index >= 15 is 0 Å². The second-order valence-electron chi connectivity index (χ2n) is 5.62. The molecule has 2 amide bonds. The normalized spacial score (nSPS) is 11.4. The van der Waals surface area contributed by atoms with Gasteiger partial charge in [-0.1, -0.05) is 54.1 Å². The number of rotatable bonds is 8. The number of benzene rings is 2. The van der Waals surface area contributed by atoms with Gasteiger partial charge in [-0.05, 0) is 30.2 Å². The van der Waals surface area contributed by atoms with Gasteiger partial charge in [0.1, 0.15) is 0 Å². The molecule has 1 atom stereocenters. The number of hydrogen-bond donors (Lipinski definition) is 1. The Balaban J connectivity index is 1.94. The fourth-order valence-corrected chi connectivity index (χ4v) is 2.53. The topological polar surface area (TPSA) is 66.5 Å². The van der Waals surface area contributed by atoms with Crippen molar-refractivity contribution in [2.75, 3.05) is 0 Å². The Kier molecular flexibility index (Phi) is 6.71. The lowest BCUT2D eigenvalue weighted by Gasteiger charge is -2.23. The molecule has 0 aliphatic carbocycles. The third-order valence-corrected chi connectivity index (χ3v) is 4.02. The van der Waals surface area contributed by atoms with Crippen LogP contribution in [-0.2, 0) is 27.5 Å². The van der Waals surface area contributed by atoms with Gasteiger partial charge in [-0.25, -0.2) is 0 Å². The molecule has 6 heteroatoms. The highest BCUT2D eigenvalue weighted by atomic mass is 35.5. The minimum atomic E-state index is -0.850. The van der Waals surface area contributed by atoms with Gasteiger partial charge in [-0.3, -0.25) is 14.4 Å². The summed E-state index contributed by atoms with van der Waals surface area (Å²) in [5.74, 6) is -1.39. The molecule has 5 nitrogen and oxygen atoms in total. The Labute approximate surface area is 151 Å². The van der Waals surface area contributed by atoms with E-state index in [0.717, 1.165) is 11.1 Å². The van der Waals surface area contributed by atoms with Crippen molar-refractivity contribution in [3.8, 4) is 0 Å². The van der Waals surface area contributed by atoms with Crippen molar-refractivity contribution in [2.24, 2.45) is 0 Å². The summed E-state index contributed by atoms with van der Waals surface area (Å²) in [6, 6.07) is 15.4. The van der Waals surface area contributed by atoms with Crippen LogP contribution in [0.4, 0.5) is 0 Å². The minimum Gasteiger partial charge on any atom is -0.345 e. The van der Waals surface area contributed by atoms with Crippen molar-refractivity contribution in [1.82, 2.24) is 10.2 Å². The molecule has 0 spiro atoms. The quantitative estimate of drug-likeness (QED) is 0.582. The van der Waals surface area contributed by atoms with E-state index in [9.17, 15) is 14.4 Å². The fraction of sp³-hybridized carbons (Fsp3) is 0.211. The Bertz CT molecular complexity index is 749. The van der Waals surface area contributed by atoms with Crippen molar-refractivity contribution in [2.45, 2.75) is 26.1 Å². The first-order chi connectivity index (χ1) is 12.0. The van der Waals surface area contributed by atoms with Crippen molar-refractivity contribution >= 4 is 29.7 Å². The van der Waals surface area contributed by atoms with Crippen LogP contribution >= 0.6 is 11.6 Å². The summed E-state index contributed by atoms with van der Waals surface area (Å²) in [5.41, 5.74) is 1.67. The number of hydrogen-bond acceptors (Lipinski definition) is 3. The lowest BCUT2D eigenvalue weighted by atomic mass is 10.1. The van der Waals surface area contributed by atoms with Gasteiger partial charge < -0.3 is 10.2 Å². The SMILES string of the molecule is CC(C(=O)C(=O)NCc1cccc(Cl)c1)N(C=O)Cc1ccccc1. The van der Waals surface area contributed by atoms with Crippen molar-refractivity contribution in [1.29, 1.82) is 0 Å². The average molecular weight is 359 g/mol. The molecule has 0 radical (unpaired) electrons. The van der Waals surface area contributed by atoms with Gasteiger partial charge in [0, 0.05) is 18.1 Å². The highest BCUT2D eigenvalue weighted by Crippen LogP contribution is 2.11. The van der Waals surface area contributed by atoms with Crippen LogP contribution in [0.3, 0.4) is 0 Å². The molecular formula is C19H19ClN2O3. The Morgan fingerprint density at radius 2 is 1.80 bits per heavy atom. The van der Waals surface area contributed by atoms with Gasteiger partial charge in [0.15, 0.2) is 0 Å². The smallest absolute Gasteiger partial charge is 0.289 e. The van der Waals surface area contributed by atoms with Crippen LogP contribution in [0.5, 0.6) is 0 Å². The Morgan fingerprint density at radius 1 is 1.12 bits per heavy atom. The summed E-state index contributed by atoms with van der Waals surface area (Å²) in [7, 11) is 0. The molecule has 0 saturated heterocycles. The first-order valence-electron chi connectivity index (χ1n) is 7.82. The van der Waals surface area contributed by atoms with Gasteiger partial charge in [0.25, 0.3) is 5.91 Å². The molecule has 2 rings (SSSR count). The van der Waals surface area contributed by atoms with E-state index in [1.807, 2.05) is 30.3 Å². The Hall–Kier alpha value is -2.66. The predicted octanol–water partition coefficient (Wildman–Crippen LogP) is 2.57. The molecule has 2 aromatic carbocycles. The van der Waals surface area contributed by atoms with Gasteiger partial charge in [0.05, 0.1) is 6.04 Å². The molecule has 0 saturated carbocycles. The molecule has 1 N–H and O–H groups in total. The van der Waals surface area contributed by atoms with Crippen molar-refractivity contribution in [3.05, 3.63) is 70.7 Å². The summed E-state index contributed by atoms with van der Waals surface area (Å²) in [4.78, 5) is 37.0. The molecule has 130 valence electrons. The van der Waals surface area contributed by atoms with E-state index in [4.69, 9.17) is 11.6 Å². The molecule has 0 aliphatic heterocycles. The van der Waals surface area contributed by atoms with Crippen LogP contribution in [0, 0.1) is 0 Å². The summed E-state index contributed by atoms with van der Waals surface area (Å²) < 4.78 is 0. The van der Waals surface area contributed by atoms with Crippen molar-refractivity contribution in [3.63, 3.8) is 0 Å². The maximum absolute atomic E-state index is 12.3. The molecule has 0 aliphatic rings. The van der Waals surface area contributed by atoms with E-state index in [2.05, 4.69) is 5.32 Å². The van der Waals surface area contributed by atoms with E-state index in [1.54, 1.807) is 31.2 Å². The summed E-state index contributed by atoms with van der Waals surface area (Å²) >= 11 is 5.89. The highest BCUT2D eigenvalue weighted by molar-refractivity contribution is 6.38. The number of amides is 2. The predicted molar refractivity (Wildman–Crippen MR) is 95.8 cm³/mol. The second kappa shape index (κ2) is 8.99. The minimum absolute atomic E-state index is 0.192. The van der Waals surface area contributed by atoms with Crippen LogP contribution < -0.4 is 5.32 Å². The molecule has 0 fully saturated rings. The number of ketones is 1. The number of nitrogens with zero attached hydrogens (tertiary/aromatic N) is 1. The second-order valence-corrected chi connectivity index (χ2v) is 6.05. The van der Waals surface area contributed by atoms with Gasteiger partial charge in [-0.2, -0.15) is 0 Å². The average Bonchev–Trinajstić information content (AvgIpc) is 2.64. The first kappa shape index (κ1) is 18.7. The molecule has 1 unspecified atom stereocenters. The monoisotopic (exact) mass is 358 g/mol.